The monoisotopic (exact) mass is 221 g/mol. The van der Waals surface area contributed by atoms with E-state index in [0.29, 0.717) is 10.9 Å². The summed E-state index contributed by atoms with van der Waals surface area (Å²) >= 11 is 0. The van der Waals surface area contributed by atoms with Gasteiger partial charge in [0.05, 0.1) is 11.9 Å². The minimum Gasteiger partial charge on any atom is -0.481 e. The topological polar surface area (TPSA) is 70.2 Å². The molecule has 16 heavy (non-hydrogen) atoms. The fourth-order valence-electron chi connectivity index (χ4n) is 1.51. The van der Waals surface area contributed by atoms with Crippen LogP contribution < -0.4 is 5.56 Å². The van der Waals surface area contributed by atoms with Gasteiger partial charge in [0.25, 0.3) is 5.56 Å². The molecule has 5 heteroatoms. The van der Waals surface area contributed by atoms with Crippen LogP contribution in [0.15, 0.2) is 29.1 Å². The lowest BCUT2D eigenvalue weighted by molar-refractivity contribution is -0.136. The Morgan fingerprint density at radius 2 is 2.12 bits per heavy atom. The molecular weight excluding hydrogens is 213 g/mol. The Balaban J connectivity index is 2.63. The summed E-state index contributed by atoms with van der Waals surface area (Å²) < 4.78 is 12.9. The average molecular weight is 221 g/mol. The SMILES string of the molecule is O=C(O)Cc1cc2ccc(F)cc2[nH]c1=O. The van der Waals surface area contributed by atoms with Crippen LogP contribution in [0.5, 0.6) is 0 Å². The Morgan fingerprint density at radius 1 is 1.38 bits per heavy atom. The molecule has 2 aromatic rings. The van der Waals surface area contributed by atoms with E-state index in [1.807, 2.05) is 0 Å². The molecule has 0 atom stereocenters. The molecule has 0 aliphatic rings. The molecule has 0 spiro atoms. The molecule has 82 valence electrons. The Hall–Kier alpha value is -2.17. The molecule has 0 aliphatic carbocycles. The van der Waals surface area contributed by atoms with Gasteiger partial charge < -0.3 is 10.1 Å². The van der Waals surface area contributed by atoms with Gasteiger partial charge in [-0.2, -0.15) is 0 Å². The van der Waals surface area contributed by atoms with Crippen molar-refractivity contribution in [3.05, 3.63) is 46.0 Å². The molecule has 0 radical (unpaired) electrons. The largest absolute Gasteiger partial charge is 0.481 e. The number of carboxylic acids is 1. The third-order valence-corrected chi connectivity index (χ3v) is 2.23. The van der Waals surface area contributed by atoms with Crippen LogP contribution in [0.3, 0.4) is 0 Å². The standard InChI is InChI=1S/C11H8FNO3/c12-8-2-1-6-3-7(4-10(14)15)11(16)13-9(6)5-8/h1-3,5H,4H2,(H,13,16)(H,14,15). The molecule has 2 rings (SSSR count). The van der Waals surface area contributed by atoms with Crippen molar-refractivity contribution in [2.75, 3.05) is 0 Å². The second-order valence-corrected chi connectivity index (χ2v) is 3.43. The van der Waals surface area contributed by atoms with E-state index in [-0.39, 0.29) is 12.0 Å². The number of aromatic nitrogens is 1. The molecule has 1 aromatic carbocycles. The summed E-state index contributed by atoms with van der Waals surface area (Å²) in [6, 6.07) is 5.40. The van der Waals surface area contributed by atoms with Gasteiger partial charge in [-0.25, -0.2) is 4.39 Å². The zero-order valence-electron chi connectivity index (χ0n) is 8.16. The molecule has 0 bridgehead atoms. The Kier molecular flexibility index (Phi) is 2.44. The number of benzene rings is 1. The summed E-state index contributed by atoms with van der Waals surface area (Å²) in [5, 5.41) is 9.20. The number of aromatic amines is 1. The lowest BCUT2D eigenvalue weighted by Crippen LogP contribution is -2.15. The minimum absolute atomic E-state index is 0.159. The smallest absolute Gasteiger partial charge is 0.308 e. The Bertz CT molecular complexity index is 618. The first kappa shape index (κ1) is 10.4. The van der Waals surface area contributed by atoms with Gasteiger partial charge in [0, 0.05) is 5.56 Å². The summed E-state index contributed by atoms with van der Waals surface area (Å²) in [5.41, 5.74) is 0.0197. The maximum Gasteiger partial charge on any atom is 0.308 e. The highest BCUT2D eigenvalue weighted by Crippen LogP contribution is 2.12. The first-order chi connectivity index (χ1) is 7.56. The highest BCUT2D eigenvalue weighted by molar-refractivity contribution is 5.80. The van der Waals surface area contributed by atoms with Gasteiger partial charge in [0.15, 0.2) is 0 Å². The summed E-state index contributed by atoms with van der Waals surface area (Å²) in [5.74, 6) is -1.53. The second-order valence-electron chi connectivity index (χ2n) is 3.43. The van der Waals surface area contributed by atoms with E-state index in [1.165, 1.54) is 24.3 Å². The normalized spacial score (nSPS) is 10.6. The molecule has 0 saturated carbocycles. The fraction of sp³-hybridized carbons (Fsp3) is 0.0909. The van der Waals surface area contributed by atoms with Crippen LogP contribution >= 0.6 is 0 Å². The van der Waals surface area contributed by atoms with E-state index >= 15 is 0 Å². The highest BCUT2D eigenvalue weighted by Gasteiger charge is 2.07. The third-order valence-electron chi connectivity index (χ3n) is 2.23. The van der Waals surface area contributed by atoms with E-state index < -0.39 is 17.3 Å². The van der Waals surface area contributed by atoms with E-state index in [2.05, 4.69) is 4.98 Å². The van der Waals surface area contributed by atoms with Crippen LogP contribution in [0.1, 0.15) is 5.56 Å². The van der Waals surface area contributed by atoms with E-state index in [9.17, 15) is 14.0 Å². The van der Waals surface area contributed by atoms with Crippen molar-refractivity contribution < 1.29 is 14.3 Å². The van der Waals surface area contributed by atoms with Gasteiger partial charge in [0.1, 0.15) is 5.82 Å². The molecule has 0 aliphatic heterocycles. The van der Waals surface area contributed by atoms with Gasteiger partial charge in [-0.3, -0.25) is 9.59 Å². The minimum atomic E-state index is -1.08. The second kappa shape index (κ2) is 3.77. The first-order valence-corrected chi connectivity index (χ1v) is 4.59. The molecule has 0 unspecified atom stereocenters. The number of pyridine rings is 1. The number of rotatable bonds is 2. The van der Waals surface area contributed by atoms with Gasteiger partial charge in [-0.1, -0.05) is 0 Å². The molecule has 1 heterocycles. The van der Waals surface area contributed by atoms with Crippen LogP contribution in [0.2, 0.25) is 0 Å². The van der Waals surface area contributed by atoms with Crippen LogP contribution in [0, 0.1) is 5.82 Å². The van der Waals surface area contributed by atoms with Crippen molar-refractivity contribution in [3.8, 4) is 0 Å². The average Bonchev–Trinajstić information content (AvgIpc) is 2.19. The molecule has 0 saturated heterocycles. The fourth-order valence-corrected chi connectivity index (χ4v) is 1.51. The van der Waals surface area contributed by atoms with Crippen LogP contribution in [-0.4, -0.2) is 16.1 Å². The number of carbonyl (C=O) groups is 1. The van der Waals surface area contributed by atoms with Crippen molar-refractivity contribution in [2.45, 2.75) is 6.42 Å². The molecule has 4 nitrogen and oxygen atoms in total. The van der Waals surface area contributed by atoms with E-state index in [4.69, 9.17) is 5.11 Å². The maximum atomic E-state index is 12.9. The number of carboxylic acid groups (broad SMARTS) is 1. The number of hydrogen-bond donors (Lipinski definition) is 2. The molecular formula is C11H8FNO3. The van der Waals surface area contributed by atoms with Crippen molar-refractivity contribution in [2.24, 2.45) is 0 Å². The number of nitrogens with one attached hydrogen (secondary N) is 1. The van der Waals surface area contributed by atoms with Crippen LogP contribution in [0.4, 0.5) is 4.39 Å². The zero-order chi connectivity index (χ0) is 11.7. The van der Waals surface area contributed by atoms with Crippen molar-refractivity contribution in [1.82, 2.24) is 4.98 Å². The van der Waals surface area contributed by atoms with Gasteiger partial charge in [-0.05, 0) is 29.7 Å². The lowest BCUT2D eigenvalue weighted by Gasteiger charge is -2.01. The van der Waals surface area contributed by atoms with E-state index in [0.717, 1.165) is 0 Å². The summed E-state index contributed by atoms with van der Waals surface area (Å²) in [7, 11) is 0. The predicted octanol–water partition coefficient (Wildman–Crippen LogP) is 1.29. The first-order valence-electron chi connectivity index (χ1n) is 4.59. The summed E-state index contributed by atoms with van der Waals surface area (Å²) in [4.78, 5) is 24.4. The molecule has 0 amide bonds. The zero-order valence-corrected chi connectivity index (χ0v) is 8.16. The van der Waals surface area contributed by atoms with Crippen molar-refractivity contribution in [1.29, 1.82) is 0 Å². The number of fused-ring (bicyclic) bond motifs is 1. The molecule has 1 aromatic heterocycles. The maximum absolute atomic E-state index is 12.9. The van der Waals surface area contributed by atoms with Crippen LogP contribution in [-0.2, 0) is 11.2 Å². The molecule has 2 N–H and O–H groups in total. The van der Waals surface area contributed by atoms with Crippen molar-refractivity contribution >= 4 is 16.9 Å². The number of hydrogen-bond acceptors (Lipinski definition) is 2. The number of halogens is 1. The van der Waals surface area contributed by atoms with Gasteiger partial charge in [0.2, 0.25) is 0 Å². The van der Waals surface area contributed by atoms with Gasteiger partial charge >= 0.3 is 5.97 Å². The van der Waals surface area contributed by atoms with Crippen LogP contribution in [0.25, 0.3) is 10.9 Å². The Morgan fingerprint density at radius 3 is 2.81 bits per heavy atom. The van der Waals surface area contributed by atoms with Gasteiger partial charge in [-0.15, -0.1) is 0 Å². The van der Waals surface area contributed by atoms with E-state index in [1.54, 1.807) is 0 Å². The summed E-state index contributed by atoms with van der Waals surface area (Å²) in [6.45, 7) is 0. The number of aliphatic carboxylic acids is 1. The predicted molar refractivity (Wildman–Crippen MR) is 55.9 cm³/mol. The quantitative estimate of drug-likeness (QED) is 0.802. The number of H-pyrrole nitrogens is 1. The highest BCUT2D eigenvalue weighted by atomic mass is 19.1. The third kappa shape index (κ3) is 1.93. The lowest BCUT2D eigenvalue weighted by atomic mass is 10.1. The summed E-state index contributed by atoms with van der Waals surface area (Å²) in [6.07, 6.45) is -0.345. The van der Waals surface area contributed by atoms with Crippen molar-refractivity contribution in [3.63, 3.8) is 0 Å². The molecule has 0 fully saturated rings. The Labute approximate surface area is 89.3 Å².